The van der Waals surface area contributed by atoms with Gasteiger partial charge in [0.2, 0.25) is 5.91 Å². The third kappa shape index (κ3) is 6.07. The summed E-state index contributed by atoms with van der Waals surface area (Å²) >= 11 is 0. The van der Waals surface area contributed by atoms with Crippen LogP contribution >= 0.6 is 0 Å². The summed E-state index contributed by atoms with van der Waals surface area (Å²) in [4.78, 5) is 15.0. The third-order valence-corrected chi connectivity index (χ3v) is 5.96. The van der Waals surface area contributed by atoms with Gasteiger partial charge in [-0.15, -0.1) is 0 Å². The van der Waals surface area contributed by atoms with Crippen LogP contribution < -0.4 is 5.32 Å². The molecule has 0 heterocycles. The van der Waals surface area contributed by atoms with Crippen molar-refractivity contribution in [3.05, 3.63) is 48.0 Å². The molecule has 0 saturated heterocycles. The molecule has 3 nitrogen and oxygen atoms in total. The molecule has 2 aromatic carbocycles. The van der Waals surface area contributed by atoms with Gasteiger partial charge in [0.25, 0.3) is 0 Å². The fourth-order valence-electron chi connectivity index (χ4n) is 4.04. The first kappa shape index (κ1) is 20.9. The average molecular weight is 381 g/mol. The zero-order chi connectivity index (χ0) is 19.8. The Balaban J connectivity index is 1.54. The van der Waals surface area contributed by atoms with E-state index < -0.39 is 0 Å². The maximum atomic E-state index is 12.5. The number of rotatable bonds is 12. The molecule has 28 heavy (non-hydrogen) atoms. The molecule has 1 unspecified atom stereocenters. The van der Waals surface area contributed by atoms with Crippen molar-refractivity contribution in [2.24, 2.45) is 0 Å². The SMILES string of the molecule is CCCCCC(CC)NC(=O)CCN(Cc1cccc2ccccc12)C1CC1. The van der Waals surface area contributed by atoms with E-state index in [-0.39, 0.29) is 5.91 Å². The first-order chi connectivity index (χ1) is 13.7. The van der Waals surface area contributed by atoms with Crippen molar-refractivity contribution in [2.45, 2.75) is 83.8 Å². The van der Waals surface area contributed by atoms with Crippen molar-refractivity contribution in [1.29, 1.82) is 0 Å². The molecular weight excluding hydrogens is 344 g/mol. The Morgan fingerprint density at radius 1 is 1.11 bits per heavy atom. The van der Waals surface area contributed by atoms with Gasteiger partial charge in [-0.05, 0) is 42.0 Å². The summed E-state index contributed by atoms with van der Waals surface area (Å²) in [7, 11) is 0. The molecule has 152 valence electrons. The summed E-state index contributed by atoms with van der Waals surface area (Å²) in [5, 5.41) is 5.90. The highest BCUT2D eigenvalue weighted by Crippen LogP contribution is 2.30. The molecule has 2 aromatic rings. The second kappa shape index (κ2) is 10.6. The number of benzene rings is 2. The van der Waals surface area contributed by atoms with Gasteiger partial charge in [-0.1, -0.05) is 75.6 Å². The zero-order valence-electron chi connectivity index (χ0n) is 17.6. The van der Waals surface area contributed by atoms with E-state index in [9.17, 15) is 4.79 Å². The number of carbonyl (C=O) groups is 1. The lowest BCUT2D eigenvalue weighted by atomic mass is 10.0. The number of carbonyl (C=O) groups excluding carboxylic acids is 1. The highest BCUT2D eigenvalue weighted by molar-refractivity contribution is 5.85. The van der Waals surface area contributed by atoms with Crippen molar-refractivity contribution in [3.8, 4) is 0 Å². The number of nitrogens with one attached hydrogen (secondary N) is 1. The van der Waals surface area contributed by atoms with Gasteiger partial charge >= 0.3 is 0 Å². The van der Waals surface area contributed by atoms with Gasteiger partial charge < -0.3 is 5.32 Å². The second-order valence-corrected chi connectivity index (χ2v) is 8.26. The van der Waals surface area contributed by atoms with Gasteiger partial charge in [0.05, 0.1) is 0 Å². The molecule has 0 aromatic heterocycles. The van der Waals surface area contributed by atoms with Crippen molar-refractivity contribution in [2.75, 3.05) is 6.54 Å². The van der Waals surface area contributed by atoms with Gasteiger partial charge in [0.15, 0.2) is 0 Å². The summed E-state index contributed by atoms with van der Waals surface area (Å²) in [6.07, 6.45) is 8.97. The lowest BCUT2D eigenvalue weighted by Crippen LogP contribution is -2.37. The predicted molar refractivity (Wildman–Crippen MR) is 118 cm³/mol. The molecule has 1 N–H and O–H groups in total. The Kier molecular flexibility index (Phi) is 7.90. The summed E-state index contributed by atoms with van der Waals surface area (Å²) in [5.41, 5.74) is 1.37. The number of nitrogens with zero attached hydrogens (tertiary/aromatic N) is 1. The van der Waals surface area contributed by atoms with Crippen molar-refractivity contribution >= 4 is 16.7 Å². The molecule has 1 atom stereocenters. The van der Waals surface area contributed by atoms with Crippen LogP contribution in [-0.4, -0.2) is 29.4 Å². The number of fused-ring (bicyclic) bond motifs is 1. The molecule has 1 aliphatic carbocycles. The minimum atomic E-state index is 0.215. The second-order valence-electron chi connectivity index (χ2n) is 8.26. The van der Waals surface area contributed by atoms with Crippen LogP contribution in [0.5, 0.6) is 0 Å². The molecule has 0 bridgehead atoms. The van der Waals surface area contributed by atoms with Crippen LogP contribution in [0, 0.1) is 0 Å². The summed E-state index contributed by atoms with van der Waals surface area (Å²) in [5.74, 6) is 0.215. The minimum Gasteiger partial charge on any atom is -0.353 e. The monoisotopic (exact) mass is 380 g/mol. The Hall–Kier alpha value is -1.87. The fourth-order valence-corrected chi connectivity index (χ4v) is 4.04. The van der Waals surface area contributed by atoms with Gasteiger partial charge in [0, 0.05) is 31.6 Å². The topological polar surface area (TPSA) is 32.3 Å². The van der Waals surface area contributed by atoms with Crippen LogP contribution in [-0.2, 0) is 11.3 Å². The van der Waals surface area contributed by atoms with Crippen LogP contribution in [0.4, 0.5) is 0 Å². The first-order valence-electron chi connectivity index (χ1n) is 11.2. The van der Waals surface area contributed by atoms with Crippen molar-refractivity contribution in [3.63, 3.8) is 0 Å². The van der Waals surface area contributed by atoms with Gasteiger partial charge in [-0.25, -0.2) is 0 Å². The Morgan fingerprint density at radius 3 is 2.64 bits per heavy atom. The van der Waals surface area contributed by atoms with Crippen LogP contribution in [0.2, 0.25) is 0 Å². The van der Waals surface area contributed by atoms with E-state index >= 15 is 0 Å². The maximum absolute atomic E-state index is 12.5. The molecule has 0 spiro atoms. The Labute approximate surface area is 170 Å². The molecule has 3 rings (SSSR count). The lowest BCUT2D eigenvalue weighted by molar-refractivity contribution is -0.122. The van der Waals surface area contributed by atoms with E-state index in [2.05, 4.69) is 66.5 Å². The third-order valence-electron chi connectivity index (χ3n) is 5.96. The number of unbranched alkanes of at least 4 members (excludes halogenated alkanes) is 2. The first-order valence-corrected chi connectivity index (χ1v) is 11.2. The van der Waals surface area contributed by atoms with Crippen LogP contribution in [0.15, 0.2) is 42.5 Å². The standard InChI is InChI=1S/C25H36N2O/c1-3-5-6-13-22(4-2)26-25(28)17-18-27(23-15-16-23)19-21-12-9-11-20-10-7-8-14-24(20)21/h7-12,14,22-23H,3-6,13,15-19H2,1-2H3,(H,26,28). The quantitative estimate of drug-likeness (QED) is 0.481. The number of hydrogen-bond donors (Lipinski definition) is 1. The molecule has 1 amide bonds. The van der Waals surface area contributed by atoms with Gasteiger partial charge in [0.1, 0.15) is 0 Å². The average Bonchev–Trinajstić information content (AvgIpc) is 3.56. The highest BCUT2D eigenvalue weighted by Gasteiger charge is 2.29. The van der Waals surface area contributed by atoms with Crippen molar-refractivity contribution in [1.82, 2.24) is 10.2 Å². The smallest absolute Gasteiger partial charge is 0.221 e. The van der Waals surface area contributed by atoms with E-state index in [1.165, 1.54) is 48.4 Å². The Bertz CT molecular complexity index is 748. The van der Waals surface area contributed by atoms with E-state index in [1.54, 1.807) is 0 Å². The van der Waals surface area contributed by atoms with Crippen LogP contribution in [0.3, 0.4) is 0 Å². The number of amides is 1. The van der Waals surface area contributed by atoms with E-state index in [0.29, 0.717) is 18.5 Å². The molecule has 0 aliphatic heterocycles. The summed E-state index contributed by atoms with van der Waals surface area (Å²) < 4.78 is 0. The molecule has 1 fully saturated rings. The number of hydrogen-bond acceptors (Lipinski definition) is 2. The molecular formula is C25H36N2O. The molecule has 1 aliphatic rings. The minimum absolute atomic E-state index is 0.215. The summed E-state index contributed by atoms with van der Waals surface area (Å²) in [6, 6.07) is 16.2. The Morgan fingerprint density at radius 2 is 1.89 bits per heavy atom. The van der Waals surface area contributed by atoms with E-state index in [1.807, 2.05) is 0 Å². The van der Waals surface area contributed by atoms with Crippen molar-refractivity contribution < 1.29 is 4.79 Å². The fraction of sp³-hybridized carbons (Fsp3) is 0.560. The molecule has 3 heteroatoms. The van der Waals surface area contributed by atoms with E-state index in [0.717, 1.165) is 25.9 Å². The normalized spacial score (nSPS) is 15.1. The molecule has 1 saturated carbocycles. The van der Waals surface area contributed by atoms with Gasteiger partial charge in [-0.3, -0.25) is 9.69 Å². The highest BCUT2D eigenvalue weighted by atomic mass is 16.1. The zero-order valence-corrected chi connectivity index (χ0v) is 17.6. The molecule has 0 radical (unpaired) electrons. The van der Waals surface area contributed by atoms with E-state index in [4.69, 9.17) is 0 Å². The van der Waals surface area contributed by atoms with Crippen LogP contribution in [0.25, 0.3) is 10.8 Å². The van der Waals surface area contributed by atoms with Crippen LogP contribution in [0.1, 0.15) is 70.8 Å². The maximum Gasteiger partial charge on any atom is 0.221 e. The largest absolute Gasteiger partial charge is 0.353 e. The summed E-state index contributed by atoms with van der Waals surface area (Å²) in [6.45, 7) is 6.19. The predicted octanol–water partition coefficient (Wildman–Crippen LogP) is 5.67. The lowest BCUT2D eigenvalue weighted by Gasteiger charge is -2.23. The van der Waals surface area contributed by atoms with Gasteiger partial charge in [-0.2, -0.15) is 0 Å².